The molecule has 0 saturated heterocycles. The molecule has 1 heterocycles. The lowest BCUT2D eigenvalue weighted by molar-refractivity contribution is -0.121. The van der Waals surface area contributed by atoms with Crippen LogP contribution in [0.15, 0.2) is 23.4 Å². The molecule has 4 heteroatoms. The first-order valence-electron chi connectivity index (χ1n) is 7.28. The van der Waals surface area contributed by atoms with Crippen LogP contribution in [0.5, 0.6) is 0 Å². The van der Waals surface area contributed by atoms with Gasteiger partial charge in [0.05, 0.1) is 11.9 Å². The molecule has 0 bridgehead atoms. The van der Waals surface area contributed by atoms with Crippen molar-refractivity contribution in [2.75, 3.05) is 0 Å². The van der Waals surface area contributed by atoms with Crippen LogP contribution in [0.2, 0.25) is 0 Å². The molecule has 1 aromatic heterocycles. The number of nitrogens with zero attached hydrogens (tertiary/aromatic N) is 1. The Morgan fingerprint density at radius 2 is 2.00 bits per heavy atom. The summed E-state index contributed by atoms with van der Waals surface area (Å²) in [6.45, 7) is 2.22. The standard InChI is InChI=1S/C15H25N3O/c1-2-3-4-5-6-7-8-11-15(19)18-17-13-14-10-9-12-16-14/h9-10,12-13,16H,2-8,11H2,1H3,(H,18,19)/b17-13-. The lowest BCUT2D eigenvalue weighted by atomic mass is 10.1. The molecular weight excluding hydrogens is 238 g/mol. The number of aromatic amines is 1. The number of H-pyrrole nitrogens is 1. The Balaban J connectivity index is 1.96. The maximum absolute atomic E-state index is 11.5. The summed E-state index contributed by atoms with van der Waals surface area (Å²) < 4.78 is 0. The van der Waals surface area contributed by atoms with Crippen molar-refractivity contribution >= 4 is 12.1 Å². The molecule has 2 N–H and O–H groups in total. The van der Waals surface area contributed by atoms with E-state index in [-0.39, 0.29) is 5.91 Å². The Labute approximate surface area is 115 Å². The van der Waals surface area contributed by atoms with Gasteiger partial charge in [-0.1, -0.05) is 45.4 Å². The molecule has 0 aliphatic carbocycles. The fraction of sp³-hybridized carbons (Fsp3) is 0.600. The zero-order chi connectivity index (χ0) is 13.8. The van der Waals surface area contributed by atoms with Crippen LogP contribution in [0.3, 0.4) is 0 Å². The number of unbranched alkanes of at least 4 members (excludes halogenated alkanes) is 6. The Kier molecular flexibility index (Phi) is 8.43. The van der Waals surface area contributed by atoms with Crippen LogP contribution in [0, 0.1) is 0 Å². The molecule has 0 radical (unpaired) electrons. The number of rotatable bonds is 10. The lowest BCUT2D eigenvalue weighted by Crippen LogP contribution is -2.16. The Hall–Kier alpha value is -1.58. The summed E-state index contributed by atoms with van der Waals surface area (Å²) in [6, 6.07) is 3.79. The topological polar surface area (TPSA) is 57.2 Å². The van der Waals surface area contributed by atoms with Gasteiger partial charge in [-0.2, -0.15) is 5.10 Å². The van der Waals surface area contributed by atoms with Gasteiger partial charge in [0.2, 0.25) is 5.91 Å². The van der Waals surface area contributed by atoms with Crippen LogP contribution in [0.1, 0.15) is 64.0 Å². The predicted octanol–water partition coefficient (Wildman–Crippen LogP) is 3.61. The molecule has 1 aromatic rings. The maximum Gasteiger partial charge on any atom is 0.240 e. The van der Waals surface area contributed by atoms with E-state index in [9.17, 15) is 4.79 Å². The molecule has 0 unspecified atom stereocenters. The van der Waals surface area contributed by atoms with E-state index in [1.165, 1.54) is 32.1 Å². The van der Waals surface area contributed by atoms with Gasteiger partial charge in [-0.05, 0) is 18.6 Å². The molecule has 4 nitrogen and oxygen atoms in total. The summed E-state index contributed by atoms with van der Waals surface area (Å²) in [6.07, 6.45) is 12.5. The molecule has 0 fully saturated rings. The van der Waals surface area contributed by atoms with Crippen LogP contribution >= 0.6 is 0 Å². The second kappa shape index (κ2) is 10.4. The summed E-state index contributed by atoms with van der Waals surface area (Å²) >= 11 is 0. The number of carbonyl (C=O) groups is 1. The monoisotopic (exact) mass is 263 g/mol. The van der Waals surface area contributed by atoms with E-state index in [1.807, 2.05) is 18.3 Å². The molecule has 0 spiro atoms. The van der Waals surface area contributed by atoms with Crippen molar-refractivity contribution in [3.8, 4) is 0 Å². The maximum atomic E-state index is 11.5. The molecule has 0 saturated carbocycles. The van der Waals surface area contributed by atoms with E-state index >= 15 is 0 Å². The van der Waals surface area contributed by atoms with Crippen LogP contribution in [-0.4, -0.2) is 17.1 Å². The average Bonchev–Trinajstić information content (AvgIpc) is 2.91. The number of aromatic nitrogens is 1. The van der Waals surface area contributed by atoms with Gasteiger partial charge in [-0.3, -0.25) is 4.79 Å². The van der Waals surface area contributed by atoms with Gasteiger partial charge in [0.25, 0.3) is 0 Å². The predicted molar refractivity (Wildman–Crippen MR) is 79.1 cm³/mol. The van der Waals surface area contributed by atoms with Crippen LogP contribution in [-0.2, 0) is 4.79 Å². The third-order valence-electron chi connectivity index (χ3n) is 3.02. The van der Waals surface area contributed by atoms with E-state index in [1.54, 1.807) is 6.21 Å². The van der Waals surface area contributed by atoms with Gasteiger partial charge in [0.15, 0.2) is 0 Å². The van der Waals surface area contributed by atoms with Crippen molar-refractivity contribution in [2.45, 2.75) is 58.3 Å². The number of carbonyl (C=O) groups excluding carboxylic acids is 1. The number of hydrazone groups is 1. The second-order valence-electron chi connectivity index (χ2n) is 4.79. The molecule has 0 aliphatic rings. The summed E-state index contributed by atoms with van der Waals surface area (Å²) in [4.78, 5) is 14.5. The first-order valence-corrected chi connectivity index (χ1v) is 7.28. The first-order chi connectivity index (χ1) is 9.33. The lowest BCUT2D eigenvalue weighted by Gasteiger charge is -2.01. The minimum absolute atomic E-state index is 0.00337. The summed E-state index contributed by atoms with van der Waals surface area (Å²) in [5.74, 6) is -0.00337. The second-order valence-corrected chi connectivity index (χ2v) is 4.79. The summed E-state index contributed by atoms with van der Waals surface area (Å²) in [7, 11) is 0. The van der Waals surface area contributed by atoms with E-state index in [4.69, 9.17) is 0 Å². The quantitative estimate of drug-likeness (QED) is 0.378. The van der Waals surface area contributed by atoms with Crippen molar-refractivity contribution < 1.29 is 4.79 Å². The van der Waals surface area contributed by atoms with Gasteiger partial charge in [-0.25, -0.2) is 5.43 Å². The zero-order valence-corrected chi connectivity index (χ0v) is 11.8. The van der Waals surface area contributed by atoms with Gasteiger partial charge in [-0.15, -0.1) is 0 Å². The molecule has 106 valence electrons. The largest absolute Gasteiger partial charge is 0.360 e. The number of hydrogen-bond acceptors (Lipinski definition) is 2. The van der Waals surface area contributed by atoms with Crippen molar-refractivity contribution in [1.82, 2.24) is 10.4 Å². The molecule has 1 rings (SSSR count). The fourth-order valence-corrected chi connectivity index (χ4v) is 1.90. The SMILES string of the molecule is CCCCCCCCCC(=O)N/N=C\c1ccc[nH]1. The van der Waals surface area contributed by atoms with E-state index in [0.29, 0.717) is 6.42 Å². The highest BCUT2D eigenvalue weighted by atomic mass is 16.2. The number of nitrogens with one attached hydrogen (secondary N) is 2. The normalized spacial score (nSPS) is 11.0. The van der Waals surface area contributed by atoms with Crippen molar-refractivity contribution in [3.05, 3.63) is 24.0 Å². The third kappa shape index (κ3) is 8.19. The van der Waals surface area contributed by atoms with Crippen LogP contribution in [0.4, 0.5) is 0 Å². The van der Waals surface area contributed by atoms with E-state index in [0.717, 1.165) is 18.5 Å². The highest BCUT2D eigenvalue weighted by molar-refractivity contribution is 5.80. The molecular formula is C15H25N3O. The Morgan fingerprint density at radius 3 is 2.68 bits per heavy atom. The number of amides is 1. The summed E-state index contributed by atoms with van der Waals surface area (Å²) in [5.41, 5.74) is 3.43. The molecule has 0 atom stereocenters. The van der Waals surface area contributed by atoms with Gasteiger partial charge in [0.1, 0.15) is 0 Å². The fourth-order valence-electron chi connectivity index (χ4n) is 1.90. The van der Waals surface area contributed by atoms with Crippen molar-refractivity contribution in [3.63, 3.8) is 0 Å². The van der Waals surface area contributed by atoms with E-state index < -0.39 is 0 Å². The zero-order valence-electron chi connectivity index (χ0n) is 11.8. The average molecular weight is 263 g/mol. The van der Waals surface area contributed by atoms with Crippen LogP contribution in [0.25, 0.3) is 0 Å². The van der Waals surface area contributed by atoms with Crippen LogP contribution < -0.4 is 5.43 Å². The highest BCUT2D eigenvalue weighted by Crippen LogP contribution is 2.08. The van der Waals surface area contributed by atoms with Gasteiger partial charge < -0.3 is 4.98 Å². The van der Waals surface area contributed by atoms with Crippen molar-refractivity contribution in [2.24, 2.45) is 5.10 Å². The molecule has 19 heavy (non-hydrogen) atoms. The minimum atomic E-state index is -0.00337. The summed E-state index contributed by atoms with van der Waals surface area (Å²) in [5, 5.41) is 3.90. The third-order valence-corrected chi connectivity index (χ3v) is 3.02. The smallest absolute Gasteiger partial charge is 0.240 e. The number of hydrogen-bond donors (Lipinski definition) is 2. The minimum Gasteiger partial charge on any atom is -0.360 e. The van der Waals surface area contributed by atoms with Crippen molar-refractivity contribution in [1.29, 1.82) is 0 Å². The van der Waals surface area contributed by atoms with Gasteiger partial charge >= 0.3 is 0 Å². The highest BCUT2D eigenvalue weighted by Gasteiger charge is 1.99. The first kappa shape index (κ1) is 15.5. The molecule has 0 aliphatic heterocycles. The Bertz CT molecular complexity index is 357. The molecule has 1 amide bonds. The Morgan fingerprint density at radius 1 is 1.26 bits per heavy atom. The molecule has 0 aromatic carbocycles. The van der Waals surface area contributed by atoms with E-state index in [2.05, 4.69) is 22.4 Å². The van der Waals surface area contributed by atoms with Gasteiger partial charge in [0, 0.05) is 12.6 Å².